The first-order valence-corrected chi connectivity index (χ1v) is 8.23. The number of hydrogen-bond donors (Lipinski definition) is 2. The summed E-state index contributed by atoms with van der Waals surface area (Å²) in [6.45, 7) is 8.22. The van der Waals surface area contributed by atoms with Gasteiger partial charge in [-0.25, -0.2) is 0 Å². The third kappa shape index (κ3) is 6.50. The molecule has 2 N–H and O–H groups in total. The largest absolute Gasteiger partial charge is 0.383 e. The fourth-order valence-corrected chi connectivity index (χ4v) is 2.83. The minimum Gasteiger partial charge on any atom is -0.383 e. The number of ether oxygens (including phenoxy) is 1. The summed E-state index contributed by atoms with van der Waals surface area (Å²) in [5.41, 5.74) is 1.26. The Morgan fingerprint density at radius 1 is 1.29 bits per heavy atom. The van der Waals surface area contributed by atoms with Gasteiger partial charge in [-0.2, -0.15) is 0 Å². The minimum atomic E-state index is -0.112. The molecule has 2 unspecified atom stereocenters. The summed E-state index contributed by atoms with van der Waals surface area (Å²) in [5, 5.41) is 6.13. The van der Waals surface area contributed by atoms with Gasteiger partial charge in [0.25, 0.3) is 0 Å². The molecule has 0 saturated carbocycles. The van der Waals surface area contributed by atoms with E-state index in [1.165, 1.54) is 5.56 Å². The third-order valence-electron chi connectivity index (χ3n) is 3.18. The molecule has 1 aromatic carbocycles. The Hall–Kier alpha value is -1.04. The van der Waals surface area contributed by atoms with E-state index in [-0.39, 0.29) is 11.2 Å². The highest BCUT2D eigenvalue weighted by Gasteiger charge is 2.14. The van der Waals surface area contributed by atoms with E-state index in [1.807, 2.05) is 6.92 Å². The molecule has 1 rings (SSSR count). The van der Waals surface area contributed by atoms with Gasteiger partial charge in [-0.05, 0) is 38.1 Å². The molecule has 0 saturated heterocycles. The Labute approximate surface area is 132 Å². The molecule has 0 bridgehead atoms. The lowest BCUT2D eigenvalue weighted by atomic mass is 10.1. The summed E-state index contributed by atoms with van der Waals surface area (Å²) < 4.78 is 4.92. The van der Waals surface area contributed by atoms with Gasteiger partial charge in [-0.15, -0.1) is 11.8 Å². The van der Waals surface area contributed by atoms with E-state index in [2.05, 4.69) is 48.7 Å². The van der Waals surface area contributed by atoms with Crippen LogP contribution in [0.25, 0.3) is 0 Å². The van der Waals surface area contributed by atoms with Gasteiger partial charge in [-0.3, -0.25) is 4.79 Å². The molecule has 118 valence electrons. The minimum absolute atomic E-state index is 0.0437. The van der Waals surface area contributed by atoms with Crippen LogP contribution in [0.2, 0.25) is 0 Å². The molecule has 0 radical (unpaired) electrons. The van der Waals surface area contributed by atoms with Crippen LogP contribution in [0, 0.1) is 0 Å². The average molecular weight is 310 g/mol. The van der Waals surface area contributed by atoms with Gasteiger partial charge in [0.1, 0.15) is 0 Å². The van der Waals surface area contributed by atoms with E-state index in [1.54, 1.807) is 18.9 Å². The Bertz CT molecular complexity index is 423. The van der Waals surface area contributed by atoms with Crippen molar-refractivity contribution in [2.75, 3.05) is 26.8 Å². The van der Waals surface area contributed by atoms with Crippen LogP contribution in [-0.2, 0) is 9.53 Å². The molecule has 0 fully saturated rings. The monoisotopic (exact) mass is 310 g/mol. The fourth-order valence-electron chi connectivity index (χ4n) is 1.94. The normalized spacial score (nSPS) is 13.7. The Kier molecular flexibility index (Phi) is 8.42. The Balaban J connectivity index is 2.49. The van der Waals surface area contributed by atoms with Crippen molar-refractivity contribution >= 4 is 17.7 Å². The van der Waals surface area contributed by atoms with Crippen molar-refractivity contribution < 1.29 is 9.53 Å². The number of carbonyl (C=O) groups excluding carboxylic acids is 1. The standard InChI is InChI=1S/C16H26N2O2S/c1-5-17-12(2)14-6-8-15(9-7-14)21-13(3)16(19)18-10-11-20-4/h6-9,12-13,17H,5,10-11H2,1-4H3,(H,18,19). The number of thioether (sulfide) groups is 1. The zero-order chi connectivity index (χ0) is 15.7. The van der Waals surface area contributed by atoms with Crippen molar-refractivity contribution in [3.63, 3.8) is 0 Å². The van der Waals surface area contributed by atoms with Gasteiger partial charge in [0.2, 0.25) is 5.91 Å². The Morgan fingerprint density at radius 2 is 1.95 bits per heavy atom. The van der Waals surface area contributed by atoms with Crippen molar-refractivity contribution in [3.8, 4) is 0 Å². The number of hydrogen-bond acceptors (Lipinski definition) is 4. The second-order valence-electron chi connectivity index (χ2n) is 4.89. The quantitative estimate of drug-likeness (QED) is 0.544. The number of amides is 1. The zero-order valence-electron chi connectivity index (χ0n) is 13.3. The van der Waals surface area contributed by atoms with Crippen LogP contribution < -0.4 is 10.6 Å². The molecule has 0 spiro atoms. The molecule has 0 aliphatic rings. The van der Waals surface area contributed by atoms with Crippen LogP contribution in [-0.4, -0.2) is 38.0 Å². The first-order chi connectivity index (χ1) is 10.1. The Morgan fingerprint density at radius 3 is 2.52 bits per heavy atom. The number of rotatable bonds is 9. The van der Waals surface area contributed by atoms with Crippen molar-refractivity contribution in [2.24, 2.45) is 0 Å². The molecule has 0 heterocycles. The molecule has 5 heteroatoms. The SMILES string of the molecule is CCNC(C)c1ccc(SC(C)C(=O)NCCOC)cc1. The smallest absolute Gasteiger partial charge is 0.233 e. The molecule has 0 aromatic heterocycles. The summed E-state index contributed by atoms with van der Waals surface area (Å²) in [5.74, 6) is 0.0437. The van der Waals surface area contributed by atoms with Gasteiger partial charge >= 0.3 is 0 Å². The van der Waals surface area contributed by atoms with Crippen LogP contribution >= 0.6 is 11.8 Å². The topological polar surface area (TPSA) is 50.4 Å². The van der Waals surface area contributed by atoms with E-state index in [0.717, 1.165) is 11.4 Å². The molecular formula is C16H26N2O2S. The molecule has 0 aliphatic carbocycles. The summed E-state index contributed by atoms with van der Waals surface area (Å²) >= 11 is 1.57. The van der Waals surface area contributed by atoms with Crippen molar-refractivity contribution in [1.82, 2.24) is 10.6 Å². The average Bonchev–Trinajstić information content (AvgIpc) is 2.48. The zero-order valence-corrected chi connectivity index (χ0v) is 14.1. The van der Waals surface area contributed by atoms with Gasteiger partial charge in [-0.1, -0.05) is 19.1 Å². The number of nitrogens with one attached hydrogen (secondary N) is 2. The highest BCUT2D eigenvalue weighted by Crippen LogP contribution is 2.25. The first kappa shape index (κ1) is 18.0. The number of benzene rings is 1. The van der Waals surface area contributed by atoms with Crippen LogP contribution in [0.15, 0.2) is 29.2 Å². The second kappa shape index (κ2) is 9.82. The molecule has 1 amide bonds. The van der Waals surface area contributed by atoms with Crippen molar-refractivity contribution in [3.05, 3.63) is 29.8 Å². The van der Waals surface area contributed by atoms with E-state index in [4.69, 9.17) is 4.74 Å². The summed E-state index contributed by atoms with van der Waals surface area (Å²) in [6.07, 6.45) is 0. The van der Waals surface area contributed by atoms with Gasteiger partial charge in [0.15, 0.2) is 0 Å². The van der Waals surface area contributed by atoms with Crippen LogP contribution in [0.3, 0.4) is 0 Å². The van der Waals surface area contributed by atoms with Crippen molar-refractivity contribution in [2.45, 2.75) is 37.0 Å². The molecular weight excluding hydrogens is 284 g/mol. The van der Waals surface area contributed by atoms with E-state index in [0.29, 0.717) is 19.2 Å². The van der Waals surface area contributed by atoms with E-state index >= 15 is 0 Å². The van der Waals surface area contributed by atoms with E-state index in [9.17, 15) is 4.79 Å². The lowest BCUT2D eigenvalue weighted by Gasteiger charge is -2.14. The number of carbonyl (C=O) groups is 1. The van der Waals surface area contributed by atoms with Gasteiger partial charge in [0.05, 0.1) is 11.9 Å². The highest BCUT2D eigenvalue weighted by molar-refractivity contribution is 8.00. The lowest BCUT2D eigenvalue weighted by Crippen LogP contribution is -2.33. The predicted molar refractivity (Wildman–Crippen MR) is 88.7 cm³/mol. The highest BCUT2D eigenvalue weighted by atomic mass is 32.2. The van der Waals surface area contributed by atoms with Gasteiger partial charge < -0.3 is 15.4 Å². The van der Waals surface area contributed by atoms with Crippen LogP contribution in [0.1, 0.15) is 32.4 Å². The van der Waals surface area contributed by atoms with Crippen molar-refractivity contribution in [1.29, 1.82) is 0 Å². The van der Waals surface area contributed by atoms with E-state index < -0.39 is 0 Å². The second-order valence-corrected chi connectivity index (χ2v) is 6.31. The summed E-state index contributed by atoms with van der Waals surface area (Å²) in [6, 6.07) is 8.74. The predicted octanol–water partition coefficient (Wildman–Crippen LogP) is 2.60. The molecule has 2 atom stereocenters. The molecule has 4 nitrogen and oxygen atoms in total. The summed E-state index contributed by atoms with van der Waals surface area (Å²) in [7, 11) is 1.63. The molecule has 0 aliphatic heterocycles. The first-order valence-electron chi connectivity index (χ1n) is 7.35. The van der Waals surface area contributed by atoms with Crippen LogP contribution in [0.4, 0.5) is 0 Å². The summed E-state index contributed by atoms with van der Waals surface area (Å²) in [4.78, 5) is 13.0. The van der Waals surface area contributed by atoms with Crippen LogP contribution in [0.5, 0.6) is 0 Å². The third-order valence-corrected chi connectivity index (χ3v) is 4.29. The van der Waals surface area contributed by atoms with Gasteiger partial charge in [0, 0.05) is 24.6 Å². The molecule has 21 heavy (non-hydrogen) atoms. The fraction of sp³-hybridized carbons (Fsp3) is 0.562. The lowest BCUT2D eigenvalue weighted by molar-refractivity contribution is -0.120. The molecule has 1 aromatic rings. The maximum Gasteiger partial charge on any atom is 0.233 e. The maximum atomic E-state index is 11.9. The number of methoxy groups -OCH3 is 1. The maximum absolute atomic E-state index is 11.9.